The van der Waals surface area contributed by atoms with E-state index in [1.807, 2.05) is 36.9 Å². The summed E-state index contributed by atoms with van der Waals surface area (Å²) in [7, 11) is 2.11. The minimum atomic E-state index is 0.117. The summed E-state index contributed by atoms with van der Waals surface area (Å²) in [5.74, 6) is 1.52. The first-order chi connectivity index (χ1) is 13.0. The minimum Gasteiger partial charge on any atom is -0.472 e. The van der Waals surface area contributed by atoms with Crippen LogP contribution in [-0.2, 0) is 13.0 Å². The summed E-state index contributed by atoms with van der Waals surface area (Å²) in [4.78, 5) is 11.2. The predicted octanol–water partition coefficient (Wildman–Crippen LogP) is 3.02. The molecule has 1 aliphatic heterocycles. The van der Waals surface area contributed by atoms with Gasteiger partial charge in [-0.1, -0.05) is 18.2 Å². The highest BCUT2D eigenvalue weighted by Gasteiger charge is 2.27. The number of para-hydroxylation sites is 1. The maximum absolute atomic E-state index is 6.05. The minimum absolute atomic E-state index is 0.117. The Morgan fingerprint density at radius 1 is 1.19 bits per heavy atom. The molecular formula is C21H25N5O. The Bertz CT molecular complexity index is 965. The molecule has 0 saturated carbocycles. The second kappa shape index (κ2) is 7.12. The summed E-state index contributed by atoms with van der Waals surface area (Å²) >= 11 is 0. The molecule has 1 aliphatic rings. The van der Waals surface area contributed by atoms with Gasteiger partial charge in [-0.3, -0.25) is 4.90 Å². The third-order valence-electron chi connectivity index (χ3n) is 4.96. The first kappa shape index (κ1) is 17.7. The molecule has 0 fully saturated rings. The zero-order chi connectivity index (χ0) is 19.0. The number of nitrogens with zero attached hydrogens (tertiary/aromatic N) is 5. The Labute approximate surface area is 159 Å². The quantitative estimate of drug-likeness (QED) is 0.697. The molecule has 0 saturated heterocycles. The lowest BCUT2D eigenvalue weighted by Gasteiger charge is -2.19. The van der Waals surface area contributed by atoms with Gasteiger partial charge in [0.25, 0.3) is 0 Å². The van der Waals surface area contributed by atoms with Gasteiger partial charge in [0, 0.05) is 42.5 Å². The number of likely N-dealkylation sites (N-methyl/N-ethyl adjacent to an activating group) is 1. The van der Waals surface area contributed by atoms with Crippen molar-refractivity contribution < 1.29 is 4.74 Å². The number of ether oxygens (including phenoxy) is 1. The van der Waals surface area contributed by atoms with Gasteiger partial charge in [0.05, 0.1) is 11.9 Å². The molecule has 0 spiro atoms. The highest BCUT2D eigenvalue weighted by molar-refractivity contribution is 5.39. The fourth-order valence-electron chi connectivity index (χ4n) is 3.68. The lowest BCUT2D eigenvalue weighted by Crippen LogP contribution is -2.31. The van der Waals surface area contributed by atoms with Crippen molar-refractivity contribution in [1.29, 1.82) is 0 Å². The molecule has 1 unspecified atom stereocenters. The average Bonchev–Trinajstić information content (AvgIpc) is 3.22. The monoisotopic (exact) mass is 363 g/mol. The molecule has 6 heteroatoms. The van der Waals surface area contributed by atoms with E-state index in [9.17, 15) is 0 Å². The fourth-order valence-corrected chi connectivity index (χ4v) is 3.68. The van der Waals surface area contributed by atoms with Crippen molar-refractivity contribution in [2.75, 3.05) is 13.6 Å². The summed E-state index contributed by atoms with van der Waals surface area (Å²) in [6, 6.07) is 8.27. The number of aromatic nitrogens is 4. The Morgan fingerprint density at radius 2 is 2.00 bits per heavy atom. The number of hydrogen-bond donors (Lipinski definition) is 0. The molecular weight excluding hydrogens is 338 g/mol. The van der Waals surface area contributed by atoms with Gasteiger partial charge in [0.1, 0.15) is 11.9 Å². The molecule has 140 valence electrons. The van der Waals surface area contributed by atoms with Crippen LogP contribution in [0.1, 0.15) is 28.2 Å². The van der Waals surface area contributed by atoms with Gasteiger partial charge < -0.3 is 4.74 Å². The van der Waals surface area contributed by atoms with Crippen molar-refractivity contribution >= 4 is 0 Å². The Hall–Kier alpha value is -2.73. The second-order valence-corrected chi connectivity index (χ2v) is 7.36. The molecule has 3 aromatic rings. The Balaban J connectivity index is 1.39. The van der Waals surface area contributed by atoms with Crippen LogP contribution in [0.3, 0.4) is 0 Å². The molecule has 0 amide bonds. The van der Waals surface area contributed by atoms with E-state index in [0.717, 1.165) is 48.2 Å². The summed E-state index contributed by atoms with van der Waals surface area (Å²) in [5, 5.41) is 4.53. The van der Waals surface area contributed by atoms with Crippen LogP contribution >= 0.6 is 0 Å². The van der Waals surface area contributed by atoms with E-state index < -0.39 is 0 Å². The summed E-state index contributed by atoms with van der Waals surface area (Å²) < 4.78 is 8.00. The van der Waals surface area contributed by atoms with Crippen LogP contribution in [0.2, 0.25) is 0 Å². The number of hydrogen-bond acceptors (Lipinski definition) is 5. The predicted molar refractivity (Wildman–Crippen MR) is 104 cm³/mol. The largest absolute Gasteiger partial charge is 0.472 e. The van der Waals surface area contributed by atoms with E-state index in [1.54, 1.807) is 0 Å². The molecule has 0 N–H and O–H groups in total. The molecule has 0 aliphatic carbocycles. The van der Waals surface area contributed by atoms with Crippen molar-refractivity contribution in [1.82, 2.24) is 24.6 Å². The molecule has 2 aromatic heterocycles. The third-order valence-corrected chi connectivity index (χ3v) is 4.96. The summed E-state index contributed by atoms with van der Waals surface area (Å²) in [6.07, 6.45) is 5.02. The number of rotatable bonds is 5. The van der Waals surface area contributed by atoms with Gasteiger partial charge in [0.2, 0.25) is 5.88 Å². The van der Waals surface area contributed by atoms with Crippen LogP contribution in [0.5, 0.6) is 5.88 Å². The number of benzene rings is 1. The van der Waals surface area contributed by atoms with Gasteiger partial charge in [-0.25, -0.2) is 9.67 Å². The molecule has 6 nitrogen and oxygen atoms in total. The first-order valence-electron chi connectivity index (χ1n) is 9.28. The second-order valence-electron chi connectivity index (χ2n) is 7.36. The number of aryl methyl sites for hydroxylation is 3. The van der Waals surface area contributed by atoms with E-state index in [1.165, 1.54) is 11.1 Å². The van der Waals surface area contributed by atoms with E-state index in [4.69, 9.17) is 4.74 Å². The maximum atomic E-state index is 6.05. The van der Waals surface area contributed by atoms with Crippen LogP contribution in [-0.4, -0.2) is 44.3 Å². The SMILES string of the molecule is Cc1nc(C)c2c(n1)OC(CN(C)Cc1cnn(-c3ccccc3C)c1)C2. The molecule has 27 heavy (non-hydrogen) atoms. The Kier molecular flexibility index (Phi) is 4.66. The van der Waals surface area contributed by atoms with Gasteiger partial charge in [-0.2, -0.15) is 10.1 Å². The van der Waals surface area contributed by atoms with E-state index in [2.05, 4.69) is 52.3 Å². The van der Waals surface area contributed by atoms with Crippen molar-refractivity contribution in [3.63, 3.8) is 0 Å². The zero-order valence-electron chi connectivity index (χ0n) is 16.3. The topological polar surface area (TPSA) is 56.1 Å². The number of fused-ring (bicyclic) bond motifs is 1. The summed E-state index contributed by atoms with van der Waals surface area (Å²) in [6.45, 7) is 7.70. The molecule has 1 atom stereocenters. The molecule has 1 aromatic carbocycles. The smallest absolute Gasteiger partial charge is 0.220 e. The standard InChI is InChI=1S/C21H25N5O/c1-14-7-5-6-8-20(14)26-12-17(10-22-26)11-25(4)13-18-9-19-15(2)23-16(3)24-21(19)27-18/h5-8,10,12,18H,9,11,13H2,1-4H3. The lowest BCUT2D eigenvalue weighted by molar-refractivity contribution is 0.160. The van der Waals surface area contributed by atoms with Gasteiger partial charge in [-0.05, 0) is 39.4 Å². The van der Waals surface area contributed by atoms with Crippen molar-refractivity contribution in [2.24, 2.45) is 0 Å². The van der Waals surface area contributed by atoms with Crippen molar-refractivity contribution in [2.45, 2.75) is 39.8 Å². The van der Waals surface area contributed by atoms with Crippen molar-refractivity contribution in [3.8, 4) is 11.6 Å². The normalized spacial score (nSPS) is 15.8. The molecule has 0 bridgehead atoms. The average molecular weight is 363 g/mol. The van der Waals surface area contributed by atoms with Gasteiger partial charge in [0.15, 0.2) is 0 Å². The van der Waals surface area contributed by atoms with Crippen LogP contribution < -0.4 is 4.74 Å². The van der Waals surface area contributed by atoms with Gasteiger partial charge >= 0.3 is 0 Å². The van der Waals surface area contributed by atoms with Crippen LogP contribution in [0, 0.1) is 20.8 Å². The lowest BCUT2D eigenvalue weighted by atomic mass is 10.1. The highest BCUT2D eigenvalue weighted by Crippen LogP contribution is 2.29. The third kappa shape index (κ3) is 3.71. The Morgan fingerprint density at radius 3 is 2.81 bits per heavy atom. The van der Waals surface area contributed by atoms with E-state index in [0.29, 0.717) is 0 Å². The molecule has 4 rings (SSSR count). The molecule has 0 radical (unpaired) electrons. The maximum Gasteiger partial charge on any atom is 0.220 e. The zero-order valence-corrected chi connectivity index (χ0v) is 16.3. The summed E-state index contributed by atoms with van der Waals surface area (Å²) in [5.41, 5.74) is 5.69. The van der Waals surface area contributed by atoms with Crippen LogP contribution in [0.25, 0.3) is 5.69 Å². The fraction of sp³-hybridized carbons (Fsp3) is 0.381. The van der Waals surface area contributed by atoms with Crippen LogP contribution in [0.4, 0.5) is 0 Å². The van der Waals surface area contributed by atoms with Crippen LogP contribution in [0.15, 0.2) is 36.7 Å². The first-order valence-corrected chi connectivity index (χ1v) is 9.28. The van der Waals surface area contributed by atoms with E-state index in [-0.39, 0.29) is 6.10 Å². The van der Waals surface area contributed by atoms with E-state index >= 15 is 0 Å². The highest BCUT2D eigenvalue weighted by atomic mass is 16.5. The molecule has 3 heterocycles. The van der Waals surface area contributed by atoms with Crippen molar-refractivity contribution in [3.05, 3.63) is 64.9 Å². The van der Waals surface area contributed by atoms with Gasteiger partial charge in [-0.15, -0.1) is 0 Å².